The highest BCUT2D eigenvalue weighted by molar-refractivity contribution is 5.61. The number of carbonyl (C=O) groups is 1. The SMILES string of the molecule is O.O=CCc1c(O)cc(O)cc1O. The summed E-state index contributed by atoms with van der Waals surface area (Å²) in [4.78, 5) is 10.1. The number of hydrogen-bond donors (Lipinski definition) is 3. The number of benzene rings is 1. The van der Waals surface area contributed by atoms with Gasteiger partial charge in [0, 0.05) is 24.1 Å². The summed E-state index contributed by atoms with van der Waals surface area (Å²) in [6, 6.07) is 2.14. The van der Waals surface area contributed by atoms with Gasteiger partial charge in [-0.1, -0.05) is 0 Å². The predicted molar refractivity (Wildman–Crippen MR) is 44.8 cm³/mol. The van der Waals surface area contributed by atoms with Crippen molar-refractivity contribution >= 4 is 6.29 Å². The van der Waals surface area contributed by atoms with E-state index in [9.17, 15) is 4.79 Å². The first-order valence-electron chi connectivity index (χ1n) is 3.32. The number of rotatable bonds is 2. The van der Waals surface area contributed by atoms with E-state index in [0.29, 0.717) is 6.29 Å². The van der Waals surface area contributed by atoms with E-state index in [1.54, 1.807) is 0 Å². The fourth-order valence-electron chi connectivity index (χ4n) is 0.920. The summed E-state index contributed by atoms with van der Waals surface area (Å²) in [5.41, 5.74) is 0.128. The lowest BCUT2D eigenvalue weighted by atomic mass is 10.1. The topological polar surface area (TPSA) is 109 Å². The van der Waals surface area contributed by atoms with Crippen LogP contribution in [0.3, 0.4) is 0 Å². The fraction of sp³-hybridized carbons (Fsp3) is 0.125. The van der Waals surface area contributed by atoms with E-state index < -0.39 is 0 Å². The molecule has 1 aromatic carbocycles. The third-order valence-electron chi connectivity index (χ3n) is 1.48. The molecule has 0 aromatic heterocycles. The molecule has 0 amide bonds. The second kappa shape index (κ2) is 4.32. The molecule has 0 heterocycles. The Morgan fingerprint density at radius 3 is 2.00 bits per heavy atom. The summed E-state index contributed by atoms with van der Waals surface area (Å²) < 4.78 is 0. The predicted octanol–water partition coefficient (Wildman–Crippen LogP) is -0.280. The molecule has 1 rings (SSSR count). The van der Waals surface area contributed by atoms with Crippen molar-refractivity contribution in [1.82, 2.24) is 0 Å². The van der Waals surface area contributed by atoms with E-state index in [4.69, 9.17) is 15.3 Å². The van der Waals surface area contributed by atoms with Crippen LogP contribution in [0.25, 0.3) is 0 Å². The van der Waals surface area contributed by atoms with Crippen molar-refractivity contribution in [1.29, 1.82) is 0 Å². The second-order valence-corrected chi connectivity index (χ2v) is 2.33. The average Bonchev–Trinajstić information content (AvgIpc) is 1.96. The van der Waals surface area contributed by atoms with Gasteiger partial charge >= 0.3 is 0 Å². The van der Waals surface area contributed by atoms with Crippen LogP contribution in [0.5, 0.6) is 17.2 Å². The van der Waals surface area contributed by atoms with E-state index in [-0.39, 0.29) is 34.7 Å². The molecule has 0 unspecified atom stereocenters. The molecule has 0 saturated carbocycles. The van der Waals surface area contributed by atoms with Gasteiger partial charge in [0.05, 0.1) is 0 Å². The van der Waals surface area contributed by atoms with Gasteiger partial charge in [-0.15, -0.1) is 0 Å². The normalized spacial score (nSPS) is 8.92. The van der Waals surface area contributed by atoms with Crippen molar-refractivity contribution in [3.05, 3.63) is 17.7 Å². The molecule has 0 bridgehead atoms. The molecule has 1 aromatic rings. The number of hydrogen-bond acceptors (Lipinski definition) is 4. The van der Waals surface area contributed by atoms with Crippen LogP contribution in [-0.2, 0) is 11.2 Å². The molecule has 0 aliphatic heterocycles. The maximum atomic E-state index is 10.1. The minimum atomic E-state index is -0.278. The van der Waals surface area contributed by atoms with Crippen LogP contribution in [0.1, 0.15) is 5.56 Å². The number of phenols is 3. The number of carbonyl (C=O) groups excluding carboxylic acids is 1. The van der Waals surface area contributed by atoms with Crippen LogP contribution in [-0.4, -0.2) is 27.1 Å². The highest BCUT2D eigenvalue weighted by Crippen LogP contribution is 2.31. The van der Waals surface area contributed by atoms with E-state index in [2.05, 4.69) is 0 Å². The Morgan fingerprint density at radius 1 is 1.15 bits per heavy atom. The zero-order valence-electron chi connectivity index (χ0n) is 6.69. The van der Waals surface area contributed by atoms with Crippen LogP contribution >= 0.6 is 0 Å². The molecule has 5 nitrogen and oxygen atoms in total. The summed E-state index contributed by atoms with van der Waals surface area (Å²) >= 11 is 0. The number of aldehydes is 1. The third kappa shape index (κ3) is 2.34. The van der Waals surface area contributed by atoms with Gasteiger partial charge in [-0.3, -0.25) is 0 Å². The Morgan fingerprint density at radius 2 is 1.62 bits per heavy atom. The molecule has 5 heteroatoms. The number of aromatic hydroxyl groups is 3. The fourth-order valence-corrected chi connectivity index (χ4v) is 0.920. The quantitative estimate of drug-likeness (QED) is 0.551. The molecule has 0 atom stereocenters. The zero-order valence-corrected chi connectivity index (χ0v) is 6.69. The smallest absolute Gasteiger partial charge is 0.126 e. The first-order chi connectivity index (χ1) is 5.65. The van der Waals surface area contributed by atoms with Crippen LogP contribution < -0.4 is 0 Å². The van der Waals surface area contributed by atoms with Gasteiger partial charge in [0.1, 0.15) is 23.5 Å². The van der Waals surface area contributed by atoms with Gasteiger partial charge in [0.25, 0.3) is 0 Å². The van der Waals surface area contributed by atoms with E-state index in [1.165, 1.54) is 0 Å². The minimum Gasteiger partial charge on any atom is -0.508 e. The lowest BCUT2D eigenvalue weighted by Gasteiger charge is -2.03. The van der Waals surface area contributed by atoms with Crippen molar-refractivity contribution in [3.8, 4) is 17.2 Å². The molecular formula is C8H10O5. The largest absolute Gasteiger partial charge is 0.508 e. The van der Waals surface area contributed by atoms with Crippen molar-refractivity contribution in [2.75, 3.05) is 0 Å². The second-order valence-electron chi connectivity index (χ2n) is 2.33. The molecule has 0 aliphatic carbocycles. The van der Waals surface area contributed by atoms with E-state index in [0.717, 1.165) is 12.1 Å². The average molecular weight is 186 g/mol. The maximum absolute atomic E-state index is 10.1. The van der Waals surface area contributed by atoms with Gasteiger partial charge in [0.2, 0.25) is 0 Å². The zero-order chi connectivity index (χ0) is 9.14. The molecule has 0 aliphatic rings. The van der Waals surface area contributed by atoms with Crippen molar-refractivity contribution in [3.63, 3.8) is 0 Å². The Hall–Kier alpha value is -1.75. The highest BCUT2D eigenvalue weighted by Gasteiger charge is 2.08. The monoisotopic (exact) mass is 186 g/mol. The molecule has 5 N–H and O–H groups in total. The molecular weight excluding hydrogens is 176 g/mol. The maximum Gasteiger partial charge on any atom is 0.126 e. The Kier molecular flexibility index (Phi) is 3.74. The Balaban J connectivity index is 0.00000144. The van der Waals surface area contributed by atoms with Crippen molar-refractivity contribution in [2.45, 2.75) is 6.42 Å². The molecule has 0 saturated heterocycles. The van der Waals surface area contributed by atoms with Gasteiger partial charge in [-0.2, -0.15) is 0 Å². The molecule has 0 spiro atoms. The summed E-state index contributed by atoms with van der Waals surface area (Å²) in [5, 5.41) is 27.1. The Bertz CT molecular complexity index is 284. The van der Waals surface area contributed by atoms with Gasteiger partial charge in [-0.05, 0) is 0 Å². The molecule has 0 radical (unpaired) electrons. The summed E-state index contributed by atoms with van der Waals surface area (Å²) in [6.07, 6.45) is 0.490. The van der Waals surface area contributed by atoms with Crippen LogP contribution in [0.4, 0.5) is 0 Å². The summed E-state index contributed by atoms with van der Waals surface area (Å²) in [7, 11) is 0. The lowest BCUT2D eigenvalue weighted by molar-refractivity contribution is -0.107. The van der Waals surface area contributed by atoms with Gasteiger partial charge < -0.3 is 25.6 Å². The first-order valence-corrected chi connectivity index (χ1v) is 3.32. The van der Waals surface area contributed by atoms with Gasteiger partial charge in [-0.25, -0.2) is 0 Å². The van der Waals surface area contributed by atoms with Crippen molar-refractivity contribution in [2.24, 2.45) is 0 Å². The molecule has 72 valence electrons. The molecule has 0 fully saturated rings. The van der Waals surface area contributed by atoms with E-state index in [1.807, 2.05) is 0 Å². The third-order valence-corrected chi connectivity index (χ3v) is 1.48. The minimum absolute atomic E-state index is 0. The standard InChI is InChI=1S/C8H8O4.H2O/c9-2-1-6-7(11)3-5(10)4-8(6)12;/h2-4,10-12H,1H2;1H2. The van der Waals surface area contributed by atoms with Crippen LogP contribution in [0, 0.1) is 0 Å². The number of phenolic OH excluding ortho intramolecular Hbond substituents is 3. The first kappa shape index (κ1) is 11.2. The van der Waals surface area contributed by atoms with Crippen LogP contribution in [0.15, 0.2) is 12.1 Å². The van der Waals surface area contributed by atoms with E-state index >= 15 is 0 Å². The molecule has 13 heavy (non-hydrogen) atoms. The highest BCUT2D eigenvalue weighted by atomic mass is 16.3. The summed E-state index contributed by atoms with van der Waals surface area (Å²) in [6.45, 7) is 0. The lowest BCUT2D eigenvalue weighted by Crippen LogP contribution is -1.87. The Labute approximate surface area is 74.2 Å². The van der Waals surface area contributed by atoms with Crippen molar-refractivity contribution < 1.29 is 25.6 Å². The van der Waals surface area contributed by atoms with Gasteiger partial charge in [0.15, 0.2) is 0 Å². The van der Waals surface area contributed by atoms with Crippen LogP contribution in [0.2, 0.25) is 0 Å². The summed E-state index contributed by atoms with van der Waals surface area (Å²) in [5.74, 6) is -0.793.